The van der Waals surface area contributed by atoms with Crippen molar-refractivity contribution in [2.75, 3.05) is 47.3 Å². The normalized spacial score (nSPS) is 33.8. The lowest BCUT2D eigenvalue weighted by Crippen LogP contribution is -2.74. The fraction of sp³-hybridized carbons (Fsp3) is 0.621. The zero-order chi connectivity index (χ0) is 31.9. The minimum Gasteiger partial charge on any atom is -0.507 e. The van der Waals surface area contributed by atoms with Crippen molar-refractivity contribution in [3.05, 3.63) is 28.3 Å². The van der Waals surface area contributed by atoms with Crippen LogP contribution in [0.5, 0.6) is 5.75 Å². The van der Waals surface area contributed by atoms with Crippen LogP contribution >= 0.6 is 0 Å². The summed E-state index contributed by atoms with van der Waals surface area (Å²) >= 11 is 0. The van der Waals surface area contributed by atoms with E-state index in [0.717, 1.165) is 6.07 Å². The number of nitrogens with two attached hydrogens (primary N) is 1. The maximum Gasteiger partial charge on any atom is 0.417 e. The first kappa shape index (κ1) is 31.2. The fourth-order valence-corrected chi connectivity index (χ4v) is 7.93. The van der Waals surface area contributed by atoms with Crippen molar-refractivity contribution in [1.29, 1.82) is 0 Å². The molecule has 1 heterocycles. The minimum atomic E-state index is -4.92. The number of phenolic OH excluding ortho intramolecular Hbond substituents is 1. The fourth-order valence-electron chi connectivity index (χ4n) is 7.93. The lowest BCUT2D eigenvalue weighted by atomic mass is 9.52. The molecule has 4 aliphatic rings. The van der Waals surface area contributed by atoms with Gasteiger partial charge in [0, 0.05) is 31.6 Å². The molecule has 1 aromatic rings. The first-order valence-corrected chi connectivity index (χ1v) is 14.2. The highest BCUT2D eigenvalue weighted by atomic mass is 19.4. The van der Waals surface area contributed by atoms with Gasteiger partial charge in [0.25, 0.3) is 0 Å². The Morgan fingerprint density at radius 3 is 2.37 bits per heavy atom. The van der Waals surface area contributed by atoms with Crippen LogP contribution in [0.4, 0.5) is 13.2 Å². The van der Waals surface area contributed by atoms with Gasteiger partial charge in [-0.3, -0.25) is 33.8 Å². The number of halogens is 3. The van der Waals surface area contributed by atoms with Crippen molar-refractivity contribution in [2.24, 2.45) is 29.4 Å². The number of alkyl halides is 3. The Balaban J connectivity index is 1.69. The average Bonchev–Trinajstić information content (AvgIpc) is 2.89. The summed E-state index contributed by atoms with van der Waals surface area (Å²) in [5, 5.41) is 22.7. The predicted octanol–water partition coefficient (Wildman–Crippen LogP) is 0.194. The van der Waals surface area contributed by atoms with E-state index in [0.29, 0.717) is 19.6 Å². The van der Waals surface area contributed by atoms with Gasteiger partial charge in [0.15, 0.2) is 34.7 Å². The van der Waals surface area contributed by atoms with Gasteiger partial charge in [-0.2, -0.15) is 13.2 Å². The molecule has 4 N–H and O–H groups in total. The van der Waals surface area contributed by atoms with Crippen molar-refractivity contribution < 1.29 is 47.4 Å². The lowest BCUT2D eigenvalue weighted by Gasteiger charge is -2.52. The van der Waals surface area contributed by atoms with E-state index in [1.165, 1.54) is 19.0 Å². The number of aliphatic hydroxyl groups is 1. The van der Waals surface area contributed by atoms with Gasteiger partial charge in [0.1, 0.15) is 5.75 Å². The predicted molar refractivity (Wildman–Crippen MR) is 144 cm³/mol. The molecule has 1 amide bonds. The third kappa shape index (κ3) is 4.52. The van der Waals surface area contributed by atoms with Crippen LogP contribution in [0.3, 0.4) is 0 Å². The van der Waals surface area contributed by atoms with E-state index in [2.05, 4.69) is 0 Å². The summed E-state index contributed by atoms with van der Waals surface area (Å²) in [4.78, 5) is 71.6. The summed E-state index contributed by atoms with van der Waals surface area (Å²) in [5.74, 6) is -13.4. The number of carbonyl (C=O) groups is 5. The van der Waals surface area contributed by atoms with Gasteiger partial charge in [-0.15, -0.1) is 0 Å². The summed E-state index contributed by atoms with van der Waals surface area (Å²) in [6.07, 6.45) is -5.72. The summed E-state index contributed by atoms with van der Waals surface area (Å²) < 4.78 is 44.8. The molecular formula is C29H35F3N4O7. The number of likely N-dealkylation sites (N-methyl/N-ethyl adjacent to an activating group) is 3. The number of Topliss-reactive ketones (excluding diaryl/α,β-unsaturated/α-hetero) is 4. The van der Waals surface area contributed by atoms with Crippen LogP contribution in [-0.4, -0.2) is 113 Å². The number of benzene rings is 1. The monoisotopic (exact) mass is 608 g/mol. The number of piperazine rings is 1. The Kier molecular flexibility index (Phi) is 7.60. The first-order chi connectivity index (χ1) is 20.0. The lowest BCUT2D eigenvalue weighted by molar-refractivity contribution is -0.181. The van der Waals surface area contributed by atoms with Gasteiger partial charge >= 0.3 is 6.18 Å². The molecule has 43 heavy (non-hydrogen) atoms. The van der Waals surface area contributed by atoms with Crippen LogP contribution in [0, 0.1) is 23.7 Å². The van der Waals surface area contributed by atoms with Crippen molar-refractivity contribution in [3.8, 4) is 5.75 Å². The van der Waals surface area contributed by atoms with E-state index in [1.54, 1.807) is 7.05 Å². The minimum absolute atomic E-state index is 0.180. The second-order valence-corrected chi connectivity index (χ2v) is 12.4. The Morgan fingerprint density at radius 2 is 1.81 bits per heavy atom. The van der Waals surface area contributed by atoms with Gasteiger partial charge < -0.3 is 20.8 Å². The molecule has 14 heteroatoms. The maximum absolute atomic E-state index is 14.9. The van der Waals surface area contributed by atoms with Gasteiger partial charge in [-0.1, -0.05) is 6.92 Å². The molecule has 11 nitrogen and oxygen atoms in total. The van der Waals surface area contributed by atoms with Crippen LogP contribution in [0.2, 0.25) is 0 Å². The van der Waals surface area contributed by atoms with E-state index >= 15 is 0 Å². The van der Waals surface area contributed by atoms with Crippen LogP contribution in [0.25, 0.3) is 0 Å². The van der Waals surface area contributed by atoms with Crippen molar-refractivity contribution >= 4 is 29.0 Å². The number of amides is 1. The molecule has 3 fully saturated rings. The maximum atomic E-state index is 14.9. The van der Waals surface area contributed by atoms with Crippen molar-refractivity contribution in [3.63, 3.8) is 0 Å². The average molecular weight is 609 g/mol. The highest BCUT2D eigenvalue weighted by molar-refractivity contribution is 6.32. The Hall–Kier alpha value is -3.20. The van der Waals surface area contributed by atoms with Crippen LogP contribution in [-0.2, 0) is 31.8 Å². The molecule has 0 radical (unpaired) electrons. The standard InChI is InChI=1S/C29H35F3N4O7/c1-5-36-7-6-35(4)11-16(36)13-10-17(37)19-14(21(13)29(30,31)32)8-12-9-15-22(34(2)3)24(39)20(27(33)42)26(41)28(15,43)25(40)18(12)23(19)38/h10,12,15-16,18,20,22,37,43H,5-9,11H2,1-4H3,(H2,33,42). The van der Waals surface area contributed by atoms with E-state index in [4.69, 9.17) is 5.73 Å². The smallest absolute Gasteiger partial charge is 0.417 e. The number of hydrogen-bond acceptors (Lipinski definition) is 10. The molecule has 1 aliphatic heterocycles. The molecule has 0 spiro atoms. The summed E-state index contributed by atoms with van der Waals surface area (Å²) in [5.41, 5.74) is 0.0117. The van der Waals surface area contributed by atoms with Gasteiger partial charge in [-0.05, 0) is 63.6 Å². The van der Waals surface area contributed by atoms with Gasteiger partial charge in [-0.25, -0.2) is 0 Å². The largest absolute Gasteiger partial charge is 0.507 e. The van der Waals surface area contributed by atoms with Crippen molar-refractivity contribution in [1.82, 2.24) is 14.7 Å². The zero-order valence-electron chi connectivity index (χ0n) is 24.3. The third-order valence-electron chi connectivity index (χ3n) is 9.84. The third-order valence-corrected chi connectivity index (χ3v) is 9.84. The number of primary amides is 1. The molecule has 234 valence electrons. The highest BCUT2D eigenvalue weighted by Crippen LogP contribution is 2.53. The number of carbonyl (C=O) groups excluding carboxylic acids is 5. The molecule has 3 aliphatic carbocycles. The zero-order valence-corrected chi connectivity index (χ0v) is 24.3. The molecule has 1 aromatic carbocycles. The van der Waals surface area contributed by atoms with Crippen LogP contribution < -0.4 is 5.73 Å². The molecule has 7 atom stereocenters. The second kappa shape index (κ2) is 10.5. The number of nitrogens with zero attached hydrogens (tertiary/aromatic N) is 3. The van der Waals surface area contributed by atoms with Crippen molar-refractivity contribution in [2.45, 2.75) is 43.6 Å². The molecule has 1 saturated heterocycles. The van der Waals surface area contributed by atoms with E-state index < -0.39 is 105 Å². The number of fused-ring (bicyclic) bond motifs is 3. The molecule has 2 saturated carbocycles. The topological polar surface area (TPSA) is 162 Å². The molecule has 7 unspecified atom stereocenters. The van der Waals surface area contributed by atoms with Gasteiger partial charge in [0.2, 0.25) is 5.91 Å². The summed E-state index contributed by atoms with van der Waals surface area (Å²) in [7, 11) is 4.65. The number of hydrogen-bond donors (Lipinski definition) is 3. The van der Waals surface area contributed by atoms with Gasteiger partial charge in [0.05, 0.1) is 23.1 Å². The number of ketones is 4. The van der Waals surface area contributed by atoms with E-state index in [9.17, 15) is 47.4 Å². The first-order valence-electron chi connectivity index (χ1n) is 14.2. The number of phenols is 1. The highest BCUT2D eigenvalue weighted by Gasteiger charge is 2.69. The van der Waals surface area contributed by atoms with E-state index in [1.807, 2.05) is 16.7 Å². The Labute approximate surface area is 245 Å². The van der Waals surface area contributed by atoms with Crippen LogP contribution in [0.15, 0.2) is 6.07 Å². The SMILES string of the molecule is CCN1CCN(C)CC1c1cc(O)c2c(c1C(F)(F)F)CC1CC3C(N(C)C)C(=O)C(C(N)=O)C(=O)C3(O)C(=O)C1C2=O. The molecule has 0 bridgehead atoms. The second-order valence-electron chi connectivity index (χ2n) is 12.4. The molecular weight excluding hydrogens is 573 g/mol. The Bertz CT molecular complexity index is 1430. The summed E-state index contributed by atoms with van der Waals surface area (Å²) in [6, 6.07) is -1.15. The summed E-state index contributed by atoms with van der Waals surface area (Å²) in [6.45, 7) is 3.65. The van der Waals surface area contributed by atoms with Crippen LogP contribution in [0.1, 0.15) is 46.4 Å². The molecule has 5 rings (SSSR count). The van der Waals surface area contributed by atoms with E-state index in [-0.39, 0.29) is 18.5 Å². The quantitative estimate of drug-likeness (QED) is 0.403. The number of aromatic hydroxyl groups is 1. The molecule has 0 aromatic heterocycles. The number of rotatable bonds is 4. The Morgan fingerprint density at radius 1 is 1.16 bits per heavy atom.